The van der Waals surface area contributed by atoms with Crippen LogP contribution in [0, 0.1) is 18.3 Å². The fourth-order valence-corrected chi connectivity index (χ4v) is 2.13. The molecule has 3 rings (SSSR count). The summed E-state index contributed by atoms with van der Waals surface area (Å²) in [6.07, 6.45) is 2.24. The molecule has 0 saturated heterocycles. The molecule has 0 aliphatic heterocycles. The van der Waals surface area contributed by atoms with E-state index in [1.165, 1.54) is 0 Å². The Morgan fingerprint density at radius 1 is 1.35 bits per heavy atom. The molecule has 1 aliphatic rings. The number of nitrogens with zero attached hydrogens (tertiary/aromatic N) is 3. The van der Waals surface area contributed by atoms with E-state index in [4.69, 9.17) is 5.73 Å². The van der Waals surface area contributed by atoms with Crippen molar-refractivity contribution in [3.8, 4) is 6.07 Å². The van der Waals surface area contributed by atoms with Gasteiger partial charge in [0.05, 0.1) is 11.3 Å². The lowest BCUT2D eigenvalue weighted by Crippen LogP contribution is -2.04. The van der Waals surface area contributed by atoms with Gasteiger partial charge in [-0.1, -0.05) is 12.1 Å². The predicted molar refractivity (Wildman–Crippen MR) is 77.6 cm³/mol. The molecule has 1 saturated carbocycles. The summed E-state index contributed by atoms with van der Waals surface area (Å²) in [5.41, 5.74) is 8.12. The molecule has 0 amide bonds. The summed E-state index contributed by atoms with van der Waals surface area (Å²) >= 11 is 0. The number of nitrogens with two attached hydrogens (primary N) is 1. The first kappa shape index (κ1) is 12.4. The largest absolute Gasteiger partial charge is 0.384 e. The molecule has 0 radical (unpaired) electrons. The Bertz CT molecular complexity index is 698. The van der Waals surface area contributed by atoms with Crippen LogP contribution in [0.2, 0.25) is 0 Å². The van der Waals surface area contributed by atoms with E-state index in [0.717, 1.165) is 29.9 Å². The molecule has 1 aromatic heterocycles. The lowest BCUT2D eigenvalue weighted by molar-refractivity contribution is 0.936. The van der Waals surface area contributed by atoms with E-state index in [9.17, 15) is 5.26 Å². The van der Waals surface area contributed by atoms with Gasteiger partial charge in [-0.3, -0.25) is 0 Å². The Labute approximate surface area is 117 Å². The molecule has 0 bridgehead atoms. The van der Waals surface area contributed by atoms with Gasteiger partial charge in [0.2, 0.25) is 0 Å². The average molecular weight is 265 g/mol. The molecule has 3 N–H and O–H groups in total. The third-order valence-corrected chi connectivity index (χ3v) is 3.35. The molecule has 1 aromatic carbocycles. The van der Waals surface area contributed by atoms with Crippen molar-refractivity contribution in [1.29, 1.82) is 5.26 Å². The number of anilines is 3. The van der Waals surface area contributed by atoms with Crippen LogP contribution in [0.25, 0.3) is 0 Å². The van der Waals surface area contributed by atoms with Gasteiger partial charge in [-0.05, 0) is 31.4 Å². The topological polar surface area (TPSA) is 87.6 Å². The van der Waals surface area contributed by atoms with E-state index in [1.807, 2.05) is 25.1 Å². The maximum Gasteiger partial charge on any atom is 0.136 e. The van der Waals surface area contributed by atoms with Gasteiger partial charge >= 0.3 is 0 Å². The zero-order valence-corrected chi connectivity index (χ0v) is 11.2. The van der Waals surface area contributed by atoms with Gasteiger partial charge in [0.1, 0.15) is 23.5 Å². The van der Waals surface area contributed by atoms with E-state index in [2.05, 4.69) is 21.4 Å². The Hall–Kier alpha value is -2.61. The minimum Gasteiger partial charge on any atom is -0.384 e. The van der Waals surface area contributed by atoms with Crippen molar-refractivity contribution in [1.82, 2.24) is 9.97 Å². The van der Waals surface area contributed by atoms with Crippen LogP contribution in [0.1, 0.15) is 35.7 Å². The summed E-state index contributed by atoms with van der Waals surface area (Å²) in [5.74, 6) is 2.32. The Balaban J connectivity index is 1.95. The molecule has 100 valence electrons. The fraction of sp³-hybridized carbons (Fsp3) is 0.267. The van der Waals surface area contributed by atoms with Gasteiger partial charge in [0, 0.05) is 12.0 Å². The Kier molecular flexibility index (Phi) is 2.99. The predicted octanol–water partition coefficient (Wildman–Crippen LogP) is 2.86. The molecular formula is C15H15N5. The smallest absolute Gasteiger partial charge is 0.136 e. The molecule has 2 aromatic rings. The van der Waals surface area contributed by atoms with Gasteiger partial charge in [-0.15, -0.1) is 0 Å². The second-order valence-corrected chi connectivity index (χ2v) is 5.04. The van der Waals surface area contributed by atoms with Crippen molar-refractivity contribution >= 4 is 17.3 Å². The molecule has 1 heterocycles. The van der Waals surface area contributed by atoms with Crippen LogP contribution in [0.15, 0.2) is 24.3 Å². The van der Waals surface area contributed by atoms with Gasteiger partial charge < -0.3 is 11.1 Å². The summed E-state index contributed by atoms with van der Waals surface area (Å²) in [6.45, 7) is 1.91. The fourth-order valence-electron chi connectivity index (χ4n) is 2.13. The van der Waals surface area contributed by atoms with Crippen molar-refractivity contribution in [2.24, 2.45) is 0 Å². The molecule has 5 nitrogen and oxygen atoms in total. The quantitative estimate of drug-likeness (QED) is 0.890. The van der Waals surface area contributed by atoms with Crippen LogP contribution < -0.4 is 11.1 Å². The van der Waals surface area contributed by atoms with Gasteiger partial charge in [0.15, 0.2) is 0 Å². The van der Waals surface area contributed by atoms with Gasteiger partial charge in [-0.25, -0.2) is 9.97 Å². The third kappa shape index (κ3) is 2.41. The number of nitriles is 1. The van der Waals surface area contributed by atoms with Gasteiger partial charge in [-0.2, -0.15) is 5.26 Å². The van der Waals surface area contributed by atoms with Crippen LogP contribution in [0.5, 0.6) is 0 Å². The van der Waals surface area contributed by atoms with Crippen LogP contribution in [0.4, 0.5) is 17.3 Å². The number of rotatable bonds is 3. The minimum atomic E-state index is 0.437. The lowest BCUT2D eigenvalue weighted by atomic mass is 10.1. The molecule has 20 heavy (non-hydrogen) atoms. The Morgan fingerprint density at radius 2 is 2.15 bits per heavy atom. The molecule has 0 unspecified atom stereocenters. The summed E-state index contributed by atoms with van der Waals surface area (Å²) < 4.78 is 0. The van der Waals surface area contributed by atoms with Crippen LogP contribution in [0.3, 0.4) is 0 Å². The first-order valence-electron chi connectivity index (χ1n) is 6.58. The summed E-state index contributed by atoms with van der Waals surface area (Å²) in [4.78, 5) is 8.74. The number of nitrogen functional groups attached to an aromatic ring is 1. The molecule has 5 heteroatoms. The zero-order valence-electron chi connectivity index (χ0n) is 11.2. The first-order chi connectivity index (χ1) is 9.67. The van der Waals surface area contributed by atoms with E-state index in [1.54, 1.807) is 6.07 Å². The number of aromatic nitrogens is 2. The highest BCUT2D eigenvalue weighted by molar-refractivity contribution is 5.67. The summed E-state index contributed by atoms with van der Waals surface area (Å²) in [6, 6.07) is 9.58. The number of hydrogen-bond donors (Lipinski definition) is 2. The van der Waals surface area contributed by atoms with E-state index >= 15 is 0 Å². The maximum absolute atomic E-state index is 9.24. The summed E-state index contributed by atoms with van der Waals surface area (Å²) in [5, 5.41) is 12.4. The number of nitrogens with one attached hydrogen (secondary N) is 1. The van der Waals surface area contributed by atoms with E-state index in [-0.39, 0.29) is 0 Å². The maximum atomic E-state index is 9.24. The van der Waals surface area contributed by atoms with Crippen molar-refractivity contribution in [3.05, 3.63) is 41.2 Å². The van der Waals surface area contributed by atoms with E-state index < -0.39 is 0 Å². The zero-order chi connectivity index (χ0) is 14.1. The lowest BCUT2D eigenvalue weighted by Gasteiger charge is -2.10. The molecule has 1 fully saturated rings. The number of hydrogen-bond acceptors (Lipinski definition) is 5. The highest BCUT2D eigenvalue weighted by atomic mass is 15.1. The molecular weight excluding hydrogens is 250 g/mol. The number of aryl methyl sites for hydroxylation is 1. The van der Waals surface area contributed by atoms with Crippen LogP contribution in [-0.4, -0.2) is 9.97 Å². The monoisotopic (exact) mass is 265 g/mol. The third-order valence-electron chi connectivity index (χ3n) is 3.35. The summed E-state index contributed by atoms with van der Waals surface area (Å²) in [7, 11) is 0. The Morgan fingerprint density at radius 3 is 2.85 bits per heavy atom. The van der Waals surface area contributed by atoms with Crippen molar-refractivity contribution in [2.75, 3.05) is 11.1 Å². The minimum absolute atomic E-state index is 0.437. The number of benzene rings is 1. The normalized spacial score (nSPS) is 13.8. The second-order valence-electron chi connectivity index (χ2n) is 5.04. The standard InChI is InChI=1S/C15H15N5/c1-9-3-2-4-12(11(9)8-16)18-14-7-13(17)19-15(20-14)10-5-6-10/h2-4,7,10H,5-6H2,1H3,(H3,17,18,19,20). The molecule has 0 spiro atoms. The second kappa shape index (κ2) is 4.82. The van der Waals surface area contributed by atoms with Crippen LogP contribution >= 0.6 is 0 Å². The SMILES string of the molecule is Cc1cccc(Nc2cc(N)nc(C3CC3)n2)c1C#N. The molecule has 0 atom stereocenters. The average Bonchev–Trinajstić information content (AvgIpc) is 3.22. The van der Waals surface area contributed by atoms with Crippen LogP contribution in [-0.2, 0) is 0 Å². The van der Waals surface area contributed by atoms with E-state index in [0.29, 0.717) is 23.1 Å². The van der Waals surface area contributed by atoms with Gasteiger partial charge in [0.25, 0.3) is 0 Å². The molecule has 1 aliphatic carbocycles. The van der Waals surface area contributed by atoms with Crippen molar-refractivity contribution in [2.45, 2.75) is 25.7 Å². The first-order valence-corrected chi connectivity index (χ1v) is 6.58. The highest BCUT2D eigenvalue weighted by Crippen LogP contribution is 2.38. The van der Waals surface area contributed by atoms with Crippen molar-refractivity contribution < 1.29 is 0 Å². The highest BCUT2D eigenvalue weighted by Gasteiger charge is 2.27. The van der Waals surface area contributed by atoms with Crippen molar-refractivity contribution in [3.63, 3.8) is 0 Å².